The molecule has 0 spiro atoms. The Kier molecular flexibility index (Phi) is 20.8. The molecule has 77 heavy (non-hydrogen) atoms. The van der Waals surface area contributed by atoms with Gasteiger partial charge in [0.05, 0.1) is 46.2 Å². The van der Waals surface area contributed by atoms with Crippen LogP contribution in [0.1, 0.15) is 0 Å². The molecule has 14 bridgehead atoms. The van der Waals surface area contributed by atoms with Crippen molar-refractivity contribution >= 4 is 0 Å². The van der Waals surface area contributed by atoms with E-state index in [4.69, 9.17) is 66.3 Å². The number of ether oxygens (including phenoxy) is 14. The second-order valence-electron chi connectivity index (χ2n) is 19.7. The van der Waals surface area contributed by atoms with Crippen molar-refractivity contribution in [3.63, 3.8) is 0 Å². The molecule has 0 aliphatic carbocycles. The summed E-state index contributed by atoms with van der Waals surface area (Å²) in [5.41, 5.74) is 0. The van der Waals surface area contributed by atoms with Gasteiger partial charge < -0.3 is 174 Å². The van der Waals surface area contributed by atoms with Crippen molar-refractivity contribution in [2.75, 3.05) is 46.2 Å². The molecular weight excluding hydrogens is 1060 g/mol. The third-order valence-electron chi connectivity index (χ3n) is 14.8. The van der Waals surface area contributed by atoms with E-state index in [2.05, 4.69) is 0 Å². The number of aliphatic hydroxyl groups excluding tert-OH is 21. The minimum absolute atomic E-state index is 1.05. The van der Waals surface area contributed by atoms with Crippen LogP contribution in [0.4, 0.5) is 0 Å². The smallest absolute Gasteiger partial charge is 0.187 e. The molecule has 21 N–H and O–H groups in total. The number of aliphatic hydroxyl groups is 21. The maximum Gasteiger partial charge on any atom is 0.187 e. The summed E-state index contributed by atoms with van der Waals surface area (Å²) < 4.78 is 79.5. The highest BCUT2D eigenvalue weighted by atomic mass is 16.8. The Balaban J connectivity index is 1.08. The van der Waals surface area contributed by atoms with Crippen LogP contribution < -0.4 is 0 Å². The van der Waals surface area contributed by atoms with Crippen molar-refractivity contribution in [2.45, 2.75) is 215 Å². The van der Waals surface area contributed by atoms with Crippen LogP contribution in [0, 0.1) is 0 Å². The zero-order valence-electron chi connectivity index (χ0n) is 40.3. The predicted octanol–water partition coefficient (Wildman–Crippen LogP) is -15.2. The van der Waals surface area contributed by atoms with Crippen LogP contribution in [-0.4, -0.2) is 368 Å². The molecular formula is C42H70O35. The normalized spacial score (nSPS) is 55.4. The van der Waals surface area contributed by atoms with E-state index in [1.54, 1.807) is 0 Å². The first-order valence-corrected chi connectivity index (χ1v) is 24.6. The Bertz CT molecular complexity index is 1470. The minimum Gasteiger partial charge on any atom is -0.394 e. The standard InChI is InChI=1S/C42H70O35/c43-1-8-29-15(50)22(57)36(64-8)72-30-9(2-44)66-38(24(59)17(30)52)74-32-11(4-46)68-40(26(61)19(32)54)76-34-13(6-48)70-42(28(63)21(34)56)77-35-14(7-49)69-41(27(62)20(35)55)75-33-12(5-47)67-39(25(60)18(33)53)73-31-10(3-45)65-37(71-29)23(58)16(31)51/h8-63H,1-7H2/t8-,9-,10-,11-,12-,13-,14-,15-,16-,17-,18-,19-,20-,21-,22?,23?,24?,25?,26?,27?,28?,29?,30?,31?,32?,33?,34?,35?,36?,37?,38?,39?,40?,41?,42?/m1/s1. The lowest BCUT2D eigenvalue weighted by Crippen LogP contribution is -2.68. The van der Waals surface area contributed by atoms with E-state index in [0.29, 0.717) is 0 Å². The zero-order valence-corrected chi connectivity index (χ0v) is 40.3. The predicted molar refractivity (Wildman–Crippen MR) is 228 cm³/mol. The Morgan fingerprint density at radius 2 is 0.260 bits per heavy atom. The van der Waals surface area contributed by atoms with Gasteiger partial charge in [-0.2, -0.15) is 0 Å². The van der Waals surface area contributed by atoms with Gasteiger partial charge >= 0.3 is 0 Å². The average Bonchev–Trinajstić information content (AvgIpc) is 3.45. The average molecular weight is 1130 g/mol. The van der Waals surface area contributed by atoms with Crippen molar-refractivity contribution in [1.29, 1.82) is 0 Å². The van der Waals surface area contributed by atoms with Crippen molar-refractivity contribution in [1.82, 2.24) is 0 Å². The maximum absolute atomic E-state index is 11.3. The Hall–Kier alpha value is -1.40. The van der Waals surface area contributed by atoms with Crippen LogP contribution in [0.2, 0.25) is 0 Å². The molecule has 0 aromatic rings. The minimum atomic E-state index is -2.21. The van der Waals surface area contributed by atoms with Gasteiger partial charge in [0, 0.05) is 0 Å². The summed E-state index contributed by atoms with van der Waals surface area (Å²) in [6.45, 7) is -7.33. The monoisotopic (exact) mass is 1130 g/mol. The fourth-order valence-electron chi connectivity index (χ4n) is 10.4. The van der Waals surface area contributed by atoms with E-state index in [1.165, 1.54) is 0 Å². The molecule has 21 unspecified atom stereocenters. The summed E-state index contributed by atoms with van der Waals surface area (Å²) >= 11 is 0. The van der Waals surface area contributed by atoms with E-state index in [1.807, 2.05) is 0 Å². The van der Waals surface area contributed by atoms with Gasteiger partial charge in [-0.15, -0.1) is 0 Å². The molecule has 0 aromatic carbocycles. The van der Waals surface area contributed by atoms with Crippen molar-refractivity contribution in [3.05, 3.63) is 0 Å². The van der Waals surface area contributed by atoms with Crippen molar-refractivity contribution in [3.8, 4) is 0 Å². The topological polar surface area (TPSA) is 554 Å². The molecule has 21 aliphatic rings. The van der Waals surface area contributed by atoms with Gasteiger partial charge in [0.1, 0.15) is 171 Å². The quantitative estimate of drug-likeness (QED) is 0.113. The highest BCUT2D eigenvalue weighted by Crippen LogP contribution is 2.39. The van der Waals surface area contributed by atoms with Crippen LogP contribution in [0.5, 0.6) is 0 Å². The first-order valence-electron chi connectivity index (χ1n) is 24.6. The summed E-state index contributed by atoms with van der Waals surface area (Å²) in [6.07, 6.45) is -70.2. The first kappa shape index (κ1) is 61.7. The molecule has 35 nitrogen and oxygen atoms in total. The molecule has 21 aliphatic heterocycles. The number of hydrogen-bond acceptors (Lipinski definition) is 35. The fourth-order valence-corrected chi connectivity index (χ4v) is 10.4. The van der Waals surface area contributed by atoms with E-state index in [-0.39, 0.29) is 0 Å². The SMILES string of the molecule is OC[C@H]1OC2OC3[C@H](O)C(O)C(OC4[C@H](O)C(O)C(OC5[C@H](O)C(O)C(OC6[C@H](O)C(O)C(OC7[C@H](O)C(O)C(OC8[C@H](O)C(O)C(OC1[C@H](O)C2O)O[C@@H]8CO)O[C@@H]7CO)O[C@@H]6CO)O[C@@H]5CO)O[C@@H]4CO)O[C@@H]3CO. The van der Waals surface area contributed by atoms with E-state index >= 15 is 0 Å². The lowest BCUT2D eigenvalue weighted by Gasteiger charge is -2.50. The molecule has 21 rings (SSSR count). The molecule has 0 saturated carbocycles. The second-order valence-corrected chi connectivity index (χ2v) is 19.7. The van der Waals surface area contributed by atoms with Gasteiger partial charge in [0.15, 0.2) is 44.0 Å². The third kappa shape index (κ3) is 12.1. The van der Waals surface area contributed by atoms with E-state index < -0.39 is 261 Å². The Morgan fingerprint density at radius 3 is 0.351 bits per heavy atom. The van der Waals surface area contributed by atoms with Crippen LogP contribution in [-0.2, 0) is 66.3 Å². The lowest BCUT2D eigenvalue weighted by molar-refractivity contribution is -0.396. The van der Waals surface area contributed by atoms with Gasteiger partial charge in [-0.1, -0.05) is 0 Å². The summed E-state index contributed by atoms with van der Waals surface area (Å²) in [7, 11) is 0. The Morgan fingerprint density at radius 1 is 0.156 bits per heavy atom. The molecule has 0 radical (unpaired) electrons. The molecule has 35 atom stereocenters. The van der Waals surface area contributed by atoms with Gasteiger partial charge in [0.25, 0.3) is 0 Å². The Labute approximate surface area is 434 Å². The molecule has 0 aromatic heterocycles. The molecule has 21 saturated heterocycles. The highest BCUT2D eigenvalue weighted by molar-refractivity contribution is 5.01. The van der Waals surface area contributed by atoms with E-state index in [9.17, 15) is 107 Å². The van der Waals surface area contributed by atoms with Crippen LogP contribution in [0.25, 0.3) is 0 Å². The largest absolute Gasteiger partial charge is 0.394 e. The van der Waals surface area contributed by atoms with Crippen LogP contribution in [0.15, 0.2) is 0 Å². The fraction of sp³-hybridized carbons (Fsp3) is 1.00. The van der Waals surface area contributed by atoms with E-state index in [0.717, 1.165) is 0 Å². The van der Waals surface area contributed by atoms with Gasteiger partial charge in [-0.25, -0.2) is 0 Å². The molecule has 0 amide bonds. The van der Waals surface area contributed by atoms with Gasteiger partial charge in [-0.05, 0) is 0 Å². The lowest BCUT2D eigenvalue weighted by atomic mass is 9.95. The maximum atomic E-state index is 11.3. The van der Waals surface area contributed by atoms with Crippen LogP contribution in [0.3, 0.4) is 0 Å². The molecule has 21 fully saturated rings. The van der Waals surface area contributed by atoms with Crippen LogP contribution >= 0.6 is 0 Å². The van der Waals surface area contributed by atoms with Crippen molar-refractivity contribution in [2.24, 2.45) is 0 Å². The van der Waals surface area contributed by atoms with Gasteiger partial charge in [-0.3, -0.25) is 0 Å². The van der Waals surface area contributed by atoms with Crippen molar-refractivity contribution < 1.29 is 174 Å². The summed E-state index contributed by atoms with van der Waals surface area (Å²) in [6, 6.07) is 0. The summed E-state index contributed by atoms with van der Waals surface area (Å²) in [5, 5.41) is 230. The number of rotatable bonds is 7. The second kappa shape index (κ2) is 26.0. The summed E-state index contributed by atoms with van der Waals surface area (Å²) in [5.74, 6) is 0. The van der Waals surface area contributed by atoms with Gasteiger partial charge in [0.2, 0.25) is 0 Å². The molecule has 448 valence electrons. The third-order valence-corrected chi connectivity index (χ3v) is 14.8. The summed E-state index contributed by atoms with van der Waals surface area (Å²) in [4.78, 5) is 0. The zero-order chi connectivity index (χ0) is 56.1. The highest BCUT2D eigenvalue weighted by Gasteiger charge is 2.59. The first-order chi connectivity index (χ1) is 36.7. The molecule has 21 heterocycles. The number of hydrogen-bond donors (Lipinski definition) is 21. The molecule has 35 heteroatoms.